The smallest absolute Gasteiger partial charge is 0.388 e. The third kappa shape index (κ3) is 3.56. The summed E-state index contributed by atoms with van der Waals surface area (Å²) in [5.41, 5.74) is 0.710. The van der Waals surface area contributed by atoms with Crippen molar-refractivity contribution in [3.63, 3.8) is 0 Å². The van der Waals surface area contributed by atoms with Crippen molar-refractivity contribution in [1.82, 2.24) is 0 Å². The molecule has 172 valence electrons. The third-order valence-electron chi connectivity index (χ3n) is 6.38. The Balaban J connectivity index is 1.65. The van der Waals surface area contributed by atoms with Crippen molar-refractivity contribution < 1.29 is 17.7 Å². The average molecular weight is 471 g/mol. The van der Waals surface area contributed by atoms with E-state index in [0.29, 0.717) is 12.5 Å². The van der Waals surface area contributed by atoms with Gasteiger partial charge in [-0.1, -0.05) is 67.6 Å². The number of rotatable bonds is 4. The fourth-order valence-electron chi connectivity index (χ4n) is 4.57. The van der Waals surface area contributed by atoms with Crippen LogP contribution in [0.1, 0.15) is 27.2 Å². The molecule has 34 heavy (non-hydrogen) atoms. The molecule has 0 saturated carbocycles. The Morgan fingerprint density at radius 1 is 0.853 bits per heavy atom. The van der Waals surface area contributed by atoms with Gasteiger partial charge in [0, 0.05) is 10.8 Å². The van der Waals surface area contributed by atoms with Gasteiger partial charge in [-0.25, -0.2) is 4.99 Å². The van der Waals surface area contributed by atoms with Crippen molar-refractivity contribution in [2.75, 3.05) is 6.61 Å². The van der Waals surface area contributed by atoms with E-state index in [1.54, 1.807) is 0 Å². The first-order chi connectivity index (χ1) is 16.5. The zero-order chi connectivity index (χ0) is 23.3. The fourth-order valence-corrected chi connectivity index (χ4v) is 5.75. The lowest BCUT2D eigenvalue weighted by atomic mass is 9.99. The number of hydrogen-bond acceptors (Lipinski definition) is 5. The Morgan fingerprint density at radius 2 is 1.41 bits per heavy atom. The van der Waals surface area contributed by atoms with E-state index in [1.807, 2.05) is 26.0 Å². The summed E-state index contributed by atoms with van der Waals surface area (Å²) in [5, 5.41) is 6.58. The second kappa shape index (κ2) is 8.19. The van der Waals surface area contributed by atoms with Gasteiger partial charge in [-0.05, 0) is 53.9 Å². The molecule has 0 saturated heterocycles. The highest BCUT2D eigenvalue weighted by Gasteiger charge is 2.35. The molecule has 4 aromatic carbocycles. The molecule has 0 N–H and O–H groups in total. The minimum absolute atomic E-state index is 0.167. The van der Waals surface area contributed by atoms with E-state index in [2.05, 4.69) is 67.6 Å². The van der Waals surface area contributed by atoms with Crippen molar-refractivity contribution in [3.05, 3.63) is 72.8 Å². The van der Waals surface area contributed by atoms with Crippen LogP contribution in [0.2, 0.25) is 0 Å². The number of ether oxygens (including phenoxy) is 1. The highest BCUT2D eigenvalue weighted by atomic mass is 31.1. The van der Waals surface area contributed by atoms with Gasteiger partial charge < -0.3 is 13.1 Å². The van der Waals surface area contributed by atoms with E-state index < -0.39 is 13.8 Å². The van der Waals surface area contributed by atoms with Gasteiger partial charge in [0.05, 0.1) is 6.04 Å². The maximum absolute atomic E-state index is 6.45. The Kier molecular flexibility index (Phi) is 5.13. The first kappa shape index (κ1) is 21.3. The van der Waals surface area contributed by atoms with Crippen LogP contribution in [0.5, 0.6) is 0 Å². The summed E-state index contributed by atoms with van der Waals surface area (Å²) in [4.78, 5) is 4.71. The molecule has 0 spiro atoms. The van der Waals surface area contributed by atoms with Gasteiger partial charge in [0.2, 0.25) is 5.90 Å². The van der Waals surface area contributed by atoms with Crippen molar-refractivity contribution in [2.45, 2.75) is 38.8 Å². The summed E-state index contributed by atoms with van der Waals surface area (Å²) in [6.07, 6.45) is 0.933. The zero-order valence-corrected chi connectivity index (χ0v) is 20.3. The molecule has 0 bridgehead atoms. The van der Waals surface area contributed by atoms with Crippen LogP contribution < -0.4 is 4.52 Å². The molecule has 5 aromatic rings. The molecule has 0 radical (unpaired) electrons. The van der Waals surface area contributed by atoms with Gasteiger partial charge in [-0.2, -0.15) is 0 Å². The third-order valence-corrected chi connectivity index (χ3v) is 7.68. The molecule has 1 aromatic heterocycles. The first-order valence-corrected chi connectivity index (χ1v) is 12.7. The minimum Gasteiger partial charge on any atom is -0.477 e. The second-order valence-electron chi connectivity index (χ2n) is 9.13. The van der Waals surface area contributed by atoms with E-state index >= 15 is 0 Å². The summed E-state index contributed by atoms with van der Waals surface area (Å²) in [7, 11) is -1.77. The van der Waals surface area contributed by atoms with Crippen LogP contribution in [0.25, 0.3) is 43.5 Å². The normalized spacial score (nSPS) is 16.3. The van der Waals surface area contributed by atoms with Crippen LogP contribution in [0.15, 0.2) is 86.2 Å². The molecule has 0 amide bonds. The van der Waals surface area contributed by atoms with Gasteiger partial charge in [-0.3, -0.25) is 4.52 Å². The zero-order valence-electron chi connectivity index (χ0n) is 19.4. The molecule has 5 nitrogen and oxygen atoms in total. The van der Waals surface area contributed by atoms with Gasteiger partial charge >= 0.3 is 8.24 Å². The monoisotopic (exact) mass is 471 g/mol. The topological polar surface area (TPSA) is 57.1 Å². The lowest BCUT2D eigenvalue weighted by Crippen LogP contribution is -2.37. The van der Waals surface area contributed by atoms with Crippen molar-refractivity contribution in [2.24, 2.45) is 4.99 Å². The number of nitrogens with zero attached hydrogens (tertiary/aromatic N) is 1. The van der Waals surface area contributed by atoms with Gasteiger partial charge in [0.1, 0.15) is 17.8 Å². The number of aliphatic imine (C=N–C) groups is 1. The van der Waals surface area contributed by atoms with E-state index in [1.165, 1.54) is 0 Å². The SMILES string of the molecule is CC[C@H]1COC(C(C)(C)Op2oc3ccc4ccccc4c3c3c(ccc4ccccc43)o2)=N1. The molecule has 6 heteroatoms. The van der Waals surface area contributed by atoms with Crippen LogP contribution in [-0.4, -0.2) is 24.1 Å². The maximum Gasteiger partial charge on any atom is 0.388 e. The molecular formula is C28H26NO4P. The molecule has 1 aliphatic rings. The van der Waals surface area contributed by atoms with Gasteiger partial charge in [-0.15, -0.1) is 0 Å². The van der Waals surface area contributed by atoms with Crippen LogP contribution in [0, 0.1) is 0 Å². The van der Waals surface area contributed by atoms with Crippen molar-refractivity contribution in [3.8, 4) is 0 Å². The molecule has 1 aliphatic heterocycles. The second-order valence-corrected chi connectivity index (χ2v) is 10.1. The lowest BCUT2D eigenvalue weighted by Gasteiger charge is -2.21. The lowest BCUT2D eigenvalue weighted by molar-refractivity contribution is 0.187. The Bertz CT molecular complexity index is 1520. The Labute approximate surface area is 198 Å². The summed E-state index contributed by atoms with van der Waals surface area (Å²) in [5.74, 6) is 0.593. The molecular weight excluding hydrogens is 445 g/mol. The Hall–Kier alpha value is -3.27. The van der Waals surface area contributed by atoms with Crippen LogP contribution in [0.3, 0.4) is 0 Å². The van der Waals surface area contributed by atoms with E-state index in [0.717, 1.165) is 49.9 Å². The van der Waals surface area contributed by atoms with Crippen LogP contribution in [0.4, 0.5) is 0 Å². The number of benzene rings is 4. The molecule has 0 unspecified atom stereocenters. The van der Waals surface area contributed by atoms with E-state index in [9.17, 15) is 0 Å². The van der Waals surface area contributed by atoms with E-state index in [-0.39, 0.29) is 6.04 Å². The highest BCUT2D eigenvalue weighted by Crippen LogP contribution is 2.41. The van der Waals surface area contributed by atoms with Crippen LogP contribution in [-0.2, 0) is 4.74 Å². The summed E-state index contributed by atoms with van der Waals surface area (Å²) >= 11 is 0. The summed E-state index contributed by atoms with van der Waals surface area (Å²) in [6.45, 7) is 6.60. The predicted molar refractivity (Wildman–Crippen MR) is 139 cm³/mol. The first-order valence-electron chi connectivity index (χ1n) is 11.6. The molecule has 0 fully saturated rings. The molecule has 2 heterocycles. The van der Waals surface area contributed by atoms with Crippen molar-refractivity contribution >= 4 is 57.6 Å². The van der Waals surface area contributed by atoms with Crippen molar-refractivity contribution in [1.29, 1.82) is 0 Å². The number of fused-ring (bicyclic) bond motifs is 7. The average Bonchev–Trinajstić information content (AvgIpc) is 3.28. The summed E-state index contributed by atoms with van der Waals surface area (Å²) in [6, 6.07) is 25.1. The van der Waals surface area contributed by atoms with Gasteiger partial charge in [0.15, 0.2) is 5.60 Å². The molecule has 1 atom stereocenters. The highest BCUT2D eigenvalue weighted by molar-refractivity contribution is 7.32. The maximum atomic E-state index is 6.45. The molecule has 0 aliphatic carbocycles. The largest absolute Gasteiger partial charge is 0.477 e. The quantitative estimate of drug-likeness (QED) is 0.266. The van der Waals surface area contributed by atoms with E-state index in [4.69, 9.17) is 22.6 Å². The fraction of sp³-hybridized carbons (Fsp3) is 0.250. The standard InChI is InChI=1S/C28H26NO4P/c1-4-20-17-30-27(29-20)28(2,3)33-34-31-23-15-13-18-9-5-7-11-21(18)25(23)26-22-12-8-6-10-19(22)14-16-24(26)32-34/h5-16,20H,4,17H2,1-3H3/t20-/m0/s1. The summed E-state index contributed by atoms with van der Waals surface area (Å²) < 4.78 is 25.2. The van der Waals surface area contributed by atoms with Crippen LogP contribution >= 0.6 is 8.24 Å². The predicted octanol–water partition coefficient (Wildman–Crippen LogP) is 8.01. The number of hydrogen-bond donors (Lipinski definition) is 0. The molecule has 6 rings (SSSR count). The van der Waals surface area contributed by atoms with Gasteiger partial charge in [0.25, 0.3) is 0 Å². The Morgan fingerprint density at radius 3 is 1.94 bits per heavy atom. The minimum atomic E-state index is -1.77.